The summed E-state index contributed by atoms with van der Waals surface area (Å²) >= 11 is 12.8. The minimum Gasteiger partial charge on any atom is -0.495 e. The van der Waals surface area contributed by atoms with Gasteiger partial charge in [-0.15, -0.1) is 11.3 Å². The van der Waals surface area contributed by atoms with E-state index in [9.17, 15) is 4.79 Å². The van der Waals surface area contributed by atoms with Crippen LogP contribution in [0.25, 0.3) is 0 Å². The molecule has 0 saturated heterocycles. The lowest BCUT2D eigenvalue weighted by molar-refractivity contribution is 0.0602. The van der Waals surface area contributed by atoms with Crippen LogP contribution >= 0.6 is 35.2 Å². The van der Waals surface area contributed by atoms with Gasteiger partial charge in [-0.25, -0.2) is 4.79 Å². The lowest BCUT2D eigenvalue weighted by atomic mass is 10.2. The average molecular weight is 401 g/mol. The fourth-order valence-electron chi connectivity index (χ4n) is 2.08. The van der Waals surface area contributed by atoms with Crippen molar-refractivity contribution < 1.29 is 19.0 Å². The van der Waals surface area contributed by atoms with Gasteiger partial charge in [0.2, 0.25) is 0 Å². The van der Waals surface area contributed by atoms with E-state index in [2.05, 4.69) is 10.6 Å². The van der Waals surface area contributed by atoms with Crippen molar-refractivity contribution in [1.82, 2.24) is 0 Å². The van der Waals surface area contributed by atoms with Gasteiger partial charge in [-0.05, 0) is 25.2 Å². The van der Waals surface area contributed by atoms with Gasteiger partial charge in [0.1, 0.15) is 16.5 Å². The van der Waals surface area contributed by atoms with Crippen LogP contribution in [0.4, 0.5) is 10.7 Å². The van der Waals surface area contributed by atoms with Crippen molar-refractivity contribution in [3.05, 3.63) is 33.7 Å². The van der Waals surface area contributed by atoms with E-state index in [1.54, 1.807) is 18.2 Å². The summed E-state index contributed by atoms with van der Waals surface area (Å²) in [5, 5.41) is 7.33. The molecule has 0 saturated carbocycles. The maximum absolute atomic E-state index is 11.8. The minimum atomic E-state index is -0.430. The number of thiophene rings is 1. The number of hydrogen-bond donors (Lipinski definition) is 2. The zero-order chi connectivity index (χ0) is 18.6. The Morgan fingerprint density at radius 2 is 1.80 bits per heavy atom. The summed E-state index contributed by atoms with van der Waals surface area (Å²) in [6.07, 6.45) is 0. The van der Waals surface area contributed by atoms with Crippen LogP contribution < -0.4 is 20.1 Å². The number of thiocarbonyl (C=S) groups is 1. The molecule has 134 valence electrons. The predicted octanol–water partition coefficient (Wildman–Crippen LogP) is 4.32. The van der Waals surface area contributed by atoms with Crippen LogP contribution in [0, 0.1) is 6.92 Å². The summed E-state index contributed by atoms with van der Waals surface area (Å²) in [5.74, 6) is 0.556. The number of hydrogen-bond acceptors (Lipinski definition) is 6. The molecule has 1 heterocycles. The number of carbonyl (C=O) groups excluding carboxylic acids is 1. The first kappa shape index (κ1) is 19.3. The van der Waals surface area contributed by atoms with E-state index in [1.807, 2.05) is 6.92 Å². The van der Waals surface area contributed by atoms with Gasteiger partial charge in [0.05, 0.1) is 37.6 Å². The molecule has 6 nitrogen and oxygen atoms in total. The summed E-state index contributed by atoms with van der Waals surface area (Å²) in [5.41, 5.74) is 1.00. The summed E-state index contributed by atoms with van der Waals surface area (Å²) in [4.78, 5) is 12.8. The summed E-state index contributed by atoms with van der Waals surface area (Å²) in [6, 6.07) is 5.05. The molecule has 0 aliphatic rings. The molecule has 0 amide bonds. The van der Waals surface area contributed by atoms with Crippen molar-refractivity contribution in [2.75, 3.05) is 32.0 Å². The van der Waals surface area contributed by atoms with Crippen molar-refractivity contribution in [1.29, 1.82) is 0 Å². The van der Waals surface area contributed by atoms with Crippen molar-refractivity contribution >= 4 is 56.9 Å². The fraction of sp³-hybridized carbons (Fsp3) is 0.250. The third kappa shape index (κ3) is 4.53. The number of rotatable bonds is 5. The Kier molecular flexibility index (Phi) is 6.46. The number of benzene rings is 1. The summed E-state index contributed by atoms with van der Waals surface area (Å²) in [6.45, 7) is 1.89. The predicted molar refractivity (Wildman–Crippen MR) is 105 cm³/mol. The molecule has 0 aliphatic heterocycles. The van der Waals surface area contributed by atoms with E-state index in [0.29, 0.717) is 32.8 Å². The Hall–Kier alpha value is -2.03. The SMILES string of the molecule is COC(=O)c1cc(C)sc1NC(=S)Nc1cc(OC)c(Cl)cc1OC. The highest BCUT2D eigenvalue weighted by molar-refractivity contribution is 7.80. The number of esters is 1. The van der Waals surface area contributed by atoms with Gasteiger partial charge in [-0.1, -0.05) is 11.6 Å². The van der Waals surface area contributed by atoms with Gasteiger partial charge in [0.25, 0.3) is 0 Å². The topological polar surface area (TPSA) is 68.8 Å². The van der Waals surface area contributed by atoms with Gasteiger partial charge in [0.15, 0.2) is 5.11 Å². The van der Waals surface area contributed by atoms with Gasteiger partial charge < -0.3 is 24.8 Å². The standard InChI is InChI=1S/C16H17ClN2O4S2/c1-8-5-9(15(20)23-4)14(25-8)19-16(24)18-11-7-12(21-2)10(17)6-13(11)22-3/h5-7H,1-4H3,(H2,18,19,24). The van der Waals surface area contributed by atoms with Crippen molar-refractivity contribution in [2.45, 2.75) is 6.92 Å². The summed E-state index contributed by atoms with van der Waals surface area (Å²) < 4.78 is 15.3. The number of aryl methyl sites for hydroxylation is 1. The lowest BCUT2D eigenvalue weighted by Gasteiger charge is -2.15. The van der Waals surface area contributed by atoms with Gasteiger partial charge in [-0.3, -0.25) is 0 Å². The molecule has 2 rings (SSSR count). The van der Waals surface area contributed by atoms with E-state index in [4.69, 9.17) is 38.0 Å². The summed E-state index contributed by atoms with van der Waals surface area (Å²) in [7, 11) is 4.38. The molecule has 9 heteroatoms. The van der Waals surface area contributed by atoms with Crippen LogP contribution in [0.15, 0.2) is 18.2 Å². The molecule has 25 heavy (non-hydrogen) atoms. The molecule has 2 N–H and O–H groups in total. The van der Waals surface area contributed by atoms with Crippen LogP contribution in [-0.2, 0) is 4.74 Å². The molecule has 0 unspecified atom stereocenters. The molecule has 0 atom stereocenters. The van der Waals surface area contributed by atoms with E-state index in [-0.39, 0.29) is 5.11 Å². The second kappa shape index (κ2) is 8.37. The second-order valence-electron chi connectivity index (χ2n) is 4.86. The Balaban J connectivity index is 2.23. The molecule has 1 aromatic carbocycles. The third-order valence-electron chi connectivity index (χ3n) is 3.21. The number of ether oxygens (including phenoxy) is 3. The van der Waals surface area contributed by atoms with Gasteiger partial charge in [-0.2, -0.15) is 0 Å². The molecule has 0 spiro atoms. The number of halogens is 1. The monoisotopic (exact) mass is 400 g/mol. The van der Waals surface area contributed by atoms with Crippen LogP contribution in [0.2, 0.25) is 5.02 Å². The molecule has 1 aromatic heterocycles. The Bertz CT molecular complexity index is 808. The fourth-order valence-corrected chi connectivity index (χ4v) is 3.49. The molecule has 0 radical (unpaired) electrons. The molecule has 2 aromatic rings. The zero-order valence-electron chi connectivity index (χ0n) is 14.1. The Morgan fingerprint density at radius 3 is 2.40 bits per heavy atom. The number of nitrogens with one attached hydrogen (secondary N) is 2. The Morgan fingerprint density at radius 1 is 1.12 bits per heavy atom. The maximum atomic E-state index is 11.8. The van der Waals surface area contributed by atoms with Crippen molar-refractivity contribution in [2.24, 2.45) is 0 Å². The highest BCUT2D eigenvalue weighted by Crippen LogP contribution is 2.36. The quantitative estimate of drug-likeness (QED) is 0.572. The smallest absolute Gasteiger partial charge is 0.340 e. The normalized spacial score (nSPS) is 10.1. The van der Waals surface area contributed by atoms with Crippen molar-refractivity contribution in [3.63, 3.8) is 0 Å². The van der Waals surface area contributed by atoms with Crippen LogP contribution in [0.3, 0.4) is 0 Å². The molecule has 0 aliphatic carbocycles. The molecule has 0 bridgehead atoms. The largest absolute Gasteiger partial charge is 0.495 e. The van der Waals surface area contributed by atoms with Crippen LogP contribution in [0.5, 0.6) is 11.5 Å². The third-order valence-corrected chi connectivity index (χ3v) is 4.68. The molecular weight excluding hydrogens is 384 g/mol. The highest BCUT2D eigenvalue weighted by atomic mass is 35.5. The lowest BCUT2D eigenvalue weighted by Crippen LogP contribution is -2.20. The highest BCUT2D eigenvalue weighted by Gasteiger charge is 2.17. The minimum absolute atomic E-state index is 0.287. The zero-order valence-corrected chi connectivity index (χ0v) is 16.4. The van der Waals surface area contributed by atoms with Crippen LogP contribution in [0.1, 0.15) is 15.2 Å². The second-order valence-corrected chi connectivity index (χ2v) is 6.93. The first-order chi connectivity index (χ1) is 11.9. The van der Waals surface area contributed by atoms with Gasteiger partial charge >= 0.3 is 5.97 Å². The average Bonchev–Trinajstić information content (AvgIpc) is 2.95. The number of anilines is 2. The van der Waals surface area contributed by atoms with E-state index in [1.165, 1.54) is 32.7 Å². The Labute approximate surface area is 160 Å². The first-order valence-electron chi connectivity index (χ1n) is 7.07. The maximum Gasteiger partial charge on any atom is 0.340 e. The van der Waals surface area contributed by atoms with Crippen LogP contribution in [-0.4, -0.2) is 32.4 Å². The first-order valence-corrected chi connectivity index (χ1v) is 8.68. The van der Waals surface area contributed by atoms with Crippen molar-refractivity contribution in [3.8, 4) is 11.5 Å². The number of methoxy groups -OCH3 is 3. The van der Waals surface area contributed by atoms with Gasteiger partial charge in [0, 0.05) is 17.0 Å². The number of carbonyl (C=O) groups is 1. The molecule has 0 fully saturated rings. The van der Waals surface area contributed by atoms with E-state index in [0.717, 1.165) is 4.88 Å². The molecular formula is C16H17ClN2O4S2. The van der Waals surface area contributed by atoms with E-state index >= 15 is 0 Å². The van der Waals surface area contributed by atoms with E-state index < -0.39 is 5.97 Å².